The van der Waals surface area contributed by atoms with Crippen LogP contribution in [0.4, 0.5) is 0 Å². The fourth-order valence-electron chi connectivity index (χ4n) is 1.81. The molecule has 2 aliphatic rings. The van der Waals surface area contributed by atoms with E-state index in [0.29, 0.717) is 6.42 Å². The molecule has 1 saturated heterocycles. The van der Waals surface area contributed by atoms with Crippen LogP contribution in [0.5, 0.6) is 0 Å². The number of hydrogen-bond acceptors (Lipinski definition) is 4. The van der Waals surface area contributed by atoms with E-state index in [1.807, 2.05) is 0 Å². The topological polar surface area (TPSA) is 81.4 Å². The summed E-state index contributed by atoms with van der Waals surface area (Å²) in [7, 11) is 1.24. The van der Waals surface area contributed by atoms with E-state index < -0.39 is 17.4 Å². The summed E-state index contributed by atoms with van der Waals surface area (Å²) in [5.74, 6) is -1.05. The molecule has 2 fully saturated rings. The second-order valence-electron chi connectivity index (χ2n) is 3.87. The number of carbonyl (C=O) groups excluding carboxylic acids is 2. The predicted molar refractivity (Wildman–Crippen MR) is 43.7 cm³/mol. The Hall–Kier alpha value is -1.10. The second kappa shape index (κ2) is 2.23. The molecule has 1 heterocycles. The van der Waals surface area contributed by atoms with Crippen LogP contribution < -0.4 is 11.1 Å². The van der Waals surface area contributed by atoms with Gasteiger partial charge >= 0.3 is 5.97 Å². The number of nitrogens with one attached hydrogen (secondary N) is 1. The van der Waals surface area contributed by atoms with Gasteiger partial charge in [0.1, 0.15) is 0 Å². The molecule has 0 radical (unpaired) electrons. The summed E-state index contributed by atoms with van der Waals surface area (Å²) in [6, 6.07) is 0. The SMILES string of the molecule is COC(=O)C1(N)CC2(CC2)NC1=O. The third-order valence-electron chi connectivity index (χ3n) is 2.80. The molecule has 3 N–H and O–H groups in total. The zero-order valence-electron chi connectivity index (χ0n) is 7.42. The van der Waals surface area contributed by atoms with Crippen LogP contribution in [0.3, 0.4) is 0 Å². The van der Waals surface area contributed by atoms with Crippen molar-refractivity contribution in [3.63, 3.8) is 0 Å². The highest BCUT2D eigenvalue weighted by molar-refractivity contribution is 6.09. The van der Waals surface area contributed by atoms with Gasteiger partial charge in [-0.25, -0.2) is 4.79 Å². The van der Waals surface area contributed by atoms with Gasteiger partial charge in [-0.1, -0.05) is 0 Å². The van der Waals surface area contributed by atoms with Crippen LogP contribution in [0.2, 0.25) is 0 Å². The summed E-state index contributed by atoms with van der Waals surface area (Å²) in [6.07, 6.45) is 2.19. The standard InChI is InChI=1S/C8H12N2O3/c1-13-6(12)8(9)4-7(2-3-7)10-5(8)11/h2-4,9H2,1H3,(H,10,11). The van der Waals surface area contributed by atoms with Crippen molar-refractivity contribution in [2.75, 3.05) is 7.11 Å². The number of carbonyl (C=O) groups is 2. The molecule has 1 amide bonds. The fourth-order valence-corrected chi connectivity index (χ4v) is 1.81. The number of hydrogen-bond donors (Lipinski definition) is 2. The minimum atomic E-state index is -1.45. The lowest BCUT2D eigenvalue weighted by Gasteiger charge is -2.16. The van der Waals surface area contributed by atoms with Crippen molar-refractivity contribution in [2.24, 2.45) is 5.73 Å². The maximum absolute atomic E-state index is 11.4. The molecule has 5 heteroatoms. The van der Waals surface area contributed by atoms with E-state index in [0.717, 1.165) is 12.8 Å². The van der Waals surface area contributed by atoms with Crippen molar-refractivity contribution in [2.45, 2.75) is 30.3 Å². The Morgan fingerprint density at radius 2 is 2.23 bits per heavy atom. The first-order valence-electron chi connectivity index (χ1n) is 4.22. The largest absolute Gasteiger partial charge is 0.467 e. The van der Waals surface area contributed by atoms with Gasteiger partial charge in [-0.05, 0) is 12.8 Å². The van der Waals surface area contributed by atoms with E-state index in [2.05, 4.69) is 10.1 Å². The molecule has 13 heavy (non-hydrogen) atoms. The number of nitrogens with two attached hydrogens (primary N) is 1. The van der Waals surface area contributed by atoms with E-state index in [1.54, 1.807) is 0 Å². The molecule has 2 rings (SSSR count). The van der Waals surface area contributed by atoms with Gasteiger partial charge in [0.25, 0.3) is 5.91 Å². The van der Waals surface area contributed by atoms with Crippen molar-refractivity contribution in [3.05, 3.63) is 0 Å². The Labute approximate surface area is 75.6 Å². The van der Waals surface area contributed by atoms with Crippen molar-refractivity contribution in [3.8, 4) is 0 Å². The highest BCUT2D eigenvalue weighted by Gasteiger charge is 2.62. The third kappa shape index (κ3) is 1.03. The molecular weight excluding hydrogens is 172 g/mol. The molecule has 0 aromatic heterocycles. The first kappa shape index (κ1) is 8.50. The first-order chi connectivity index (χ1) is 6.02. The smallest absolute Gasteiger partial charge is 0.335 e. The molecule has 1 atom stereocenters. The lowest BCUT2D eigenvalue weighted by Crippen LogP contribution is -2.54. The first-order valence-corrected chi connectivity index (χ1v) is 4.22. The average molecular weight is 184 g/mol. The highest BCUT2D eigenvalue weighted by Crippen LogP contribution is 2.46. The molecule has 1 saturated carbocycles. The van der Waals surface area contributed by atoms with Crippen LogP contribution in [0.1, 0.15) is 19.3 Å². The van der Waals surface area contributed by atoms with Crippen LogP contribution in [-0.2, 0) is 14.3 Å². The lowest BCUT2D eigenvalue weighted by molar-refractivity contribution is -0.150. The molecule has 1 aliphatic carbocycles. The third-order valence-corrected chi connectivity index (χ3v) is 2.80. The number of rotatable bonds is 1. The van der Waals surface area contributed by atoms with Gasteiger partial charge in [-0.3, -0.25) is 4.79 Å². The van der Waals surface area contributed by atoms with Crippen molar-refractivity contribution >= 4 is 11.9 Å². The average Bonchev–Trinajstić information content (AvgIpc) is 2.76. The normalized spacial score (nSPS) is 34.5. The van der Waals surface area contributed by atoms with E-state index in [-0.39, 0.29) is 5.54 Å². The number of amides is 1. The summed E-state index contributed by atoms with van der Waals surface area (Å²) < 4.78 is 4.50. The number of esters is 1. The molecule has 1 unspecified atom stereocenters. The molecule has 72 valence electrons. The Kier molecular flexibility index (Phi) is 1.46. The van der Waals surface area contributed by atoms with Gasteiger partial charge in [0.15, 0.2) is 5.54 Å². The molecule has 0 bridgehead atoms. The monoisotopic (exact) mass is 184 g/mol. The van der Waals surface area contributed by atoms with Crippen LogP contribution >= 0.6 is 0 Å². The summed E-state index contributed by atoms with van der Waals surface area (Å²) in [4.78, 5) is 22.7. The second-order valence-corrected chi connectivity index (χ2v) is 3.87. The van der Waals surface area contributed by atoms with Gasteiger partial charge in [-0.15, -0.1) is 0 Å². The molecule has 1 spiro atoms. The predicted octanol–water partition coefficient (Wildman–Crippen LogP) is -1.09. The van der Waals surface area contributed by atoms with Crippen molar-refractivity contribution in [1.82, 2.24) is 5.32 Å². The van der Waals surface area contributed by atoms with Crippen LogP contribution in [0.15, 0.2) is 0 Å². The molecular formula is C8H12N2O3. The quantitative estimate of drug-likeness (QED) is 0.401. The van der Waals surface area contributed by atoms with Gasteiger partial charge in [0.05, 0.1) is 7.11 Å². The Morgan fingerprint density at radius 1 is 1.62 bits per heavy atom. The summed E-state index contributed by atoms with van der Waals surface area (Å²) >= 11 is 0. The number of methoxy groups -OCH3 is 1. The molecule has 0 aromatic carbocycles. The zero-order valence-corrected chi connectivity index (χ0v) is 7.42. The van der Waals surface area contributed by atoms with Crippen molar-refractivity contribution < 1.29 is 14.3 Å². The lowest BCUT2D eigenvalue weighted by atomic mass is 9.96. The fraction of sp³-hybridized carbons (Fsp3) is 0.750. The van der Waals surface area contributed by atoms with Crippen LogP contribution in [0.25, 0.3) is 0 Å². The van der Waals surface area contributed by atoms with Crippen LogP contribution in [0, 0.1) is 0 Å². The van der Waals surface area contributed by atoms with Gasteiger partial charge in [0.2, 0.25) is 0 Å². The maximum atomic E-state index is 11.4. The van der Waals surface area contributed by atoms with E-state index in [9.17, 15) is 9.59 Å². The maximum Gasteiger partial charge on any atom is 0.335 e. The Morgan fingerprint density at radius 3 is 2.62 bits per heavy atom. The highest BCUT2D eigenvalue weighted by atomic mass is 16.5. The minimum Gasteiger partial charge on any atom is -0.467 e. The molecule has 5 nitrogen and oxygen atoms in total. The van der Waals surface area contributed by atoms with E-state index in [1.165, 1.54) is 7.11 Å². The minimum absolute atomic E-state index is 0.194. The van der Waals surface area contributed by atoms with E-state index in [4.69, 9.17) is 5.73 Å². The molecule has 0 aromatic rings. The molecule has 1 aliphatic heterocycles. The summed E-state index contributed by atoms with van der Waals surface area (Å²) in [5, 5.41) is 2.75. The van der Waals surface area contributed by atoms with Gasteiger partial charge < -0.3 is 15.8 Å². The van der Waals surface area contributed by atoms with E-state index >= 15 is 0 Å². The van der Waals surface area contributed by atoms with Crippen LogP contribution in [-0.4, -0.2) is 30.1 Å². The van der Waals surface area contributed by atoms with Crippen molar-refractivity contribution in [1.29, 1.82) is 0 Å². The van der Waals surface area contributed by atoms with Gasteiger partial charge in [-0.2, -0.15) is 0 Å². The Bertz CT molecular complexity index is 285. The number of ether oxygens (including phenoxy) is 1. The van der Waals surface area contributed by atoms with Gasteiger partial charge in [0, 0.05) is 12.0 Å². The Balaban J connectivity index is 2.23. The zero-order chi connectivity index (χ0) is 9.69. The summed E-state index contributed by atoms with van der Waals surface area (Å²) in [6.45, 7) is 0. The summed E-state index contributed by atoms with van der Waals surface area (Å²) in [5.41, 5.74) is 4.04.